The van der Waals surface area contributed by atoms with E-state index in [4.69, 9.17) is 32.7 Å². The van der Waals surface area contributed by atoms with Crippen molar-refractivity contribution in [2.24, 2.45) is 0 Å². The highest BCUT2D eigenvalue weighted by Gasteiger charge is 2.05. The molecule has 0 saturated carbocycles. The fourth-order valence-corrected chi connectivity index (χ4v) is 1.73. The molecule has 0 spiro atoms. The molecule has 0 aromatic carbocycles. The van der Waals surface area contributed by atoms with Gasteiger partial charge in [-0.25, -0.2) is 0 Å². The van der Waals surface area contributed by atoms with Crippen LogP contribution >= 0.6 is 23.2 Å². The predicted octanol–water partition coefficient (Wildman–Crippen LogP) is 3.20. The number of ether oxygens (including phenoxy) is 2. The van der Waals surface area contributed by atoms with Crippen LogP contribution in [-0.2, 0) is 9.47 Å². The van der Waals surface area contributed by atoms with Crippen LogP contribution in [0.2, 0.25) is 0 Å². The third-order valence-electron chi connectivity index (χ3n) is 2.40. The molecule has 0 fully saturated rings. The van der Waals surface area contributed by atoms with Crippen LogP contribution in [0.4, 0.5) is 0 Å². The zero-order valence-electron chi connectivity index (χ0n) is 11.4. The van der Waals surface area contributed by atoms with Crippen molar-refractivity contribution in [1.29, 1.82) is 0 Å². The van der Waals surface area contributed by atoms with Gasteiger partial charge in [0.05, 0.1) is 13.2 Å². The molecule has 1 N–H and O–H groups in total. The lowest BCUT2D eigenvalue weighted by Crippen LogP contribution is -2.22. The summed E-state index contributed by atoms with van der Waals surface area (Å²) < 4.78 is 10.7. The third-order valence-corrected chi connectivity index (χ3v) is 2.84. The summed E-state index contributed by atoms with van der Waals surface area (Å²) in [7, 11) is 0. The average molecular weight is 301 g/mol. The van der Waals surface area contributed by atoms with Crippen molar-refractivity contribution in [3.8, 4) is 0 Å². The van der Waals surface area contributed by atoms with Crippen LogP contribution < -0.4 is 0 Å². The molecule has 0 aliphatic rings. The number of aliphatic hydroxyl groups is 1. The smallest absolute Gasteiger partial charge is 0.101 e. The third kappa shape index (κ3) is 14.5. The minimum Gasteiger partial charge on any atom is -0.388 e. The largest absolute Gasteiger partial charge is 0.388 e. The highest BCUT2D eigenvalue weighted by molar-refractivity contribution is 6.20. The van der Waals surface area contributed by atoms with Crippen LogP contribution in [0.1, 0.15) is 39.5 Å². The lowest BCUT2D eigenvalue weighted by atomic mass is 10.2. The summed E-state index contributed by atoms with van der Waals surface area (Å²) in [5, 5.41) is 9.94. The number of alkyl halides is 2. The van der Waals surface area contributed by atoms with Crippen molar-refractivity contribution in [3.05, 3.63) is 0 Å². The lowest BCUT2D eigenvalue weighted by molar-refractivity contribution is -0.0199. The SMILES string of the molecule is CC(Cl)CCCOCC(O)COCCCC(C)Cl. The zero-order chi connectivity index (χ0) is 13.8. The number of aliphatic hydroxyl groups excluding tert-OH is 1. The fourth-order valence-electron chi connectivity index (χ4n) is 1.42. The Balaban J connectivity index is 3.19. The molecule has 2 unspecified atom stereocenters. The molecule has 2 atom stereocenters. The van der Waals surface area contributed by atoms with Gasteiger partial charge in [0, 0.05) is 24.0 Å². The van der Waals surface area contributed by atoms with Crippen molar-refractivity contribution >= 4 is 23.2 Å². The van der Waals surface area contributed by atoms with E-state index in [1.165, 1.54) is 0 Å². The molecule has 5 heteroatoms. The van der Waals surface area contributed by atoms with Crippen LogP contribution in [0.25, 0.3) is 0 Å². The van der Waals surface area contributed by atoms with Gasteiger partial charge >= 0.3 is 0 Å². The molecule has 110 valence electrons. The highest BCUT2D eigenvalue weighted by atomic mass is 35.5. The standard InChI is InChI=1S/C13H26Cl2O3/c1-11(14)5-3-7-17-9-13(16)10-18-8-4-6-12(2)15/h11-13,16H,3-10H2,1-2H3. The topological polar surface area (TPSA) is 38.7 Å². The van der Waals surface area contributed by atoms with E-state index in [1.54, 1.807) is 0 Å². The van der Waals surface area contributed by atoms with Gasteiger partial charge in [-0.2, -0.15) is 0 Å². The molecule has 0 rings (SSSR count). The lowest BCUT2D eigenvalue weighted by Gasteiger charge is -2.12. The Morgan fingerprint density at radius 2 is 1.28 bits per heavy atom. The summed E-state index contributed by atoms with van der Waals surface area (Å²) in [6.07, 6.45) is 3.17. The fraction of sp³-hybridized carbons (Fsp3) is 1.00. The van der Waals surface area contributed by atoms with Gasteiger partial charge in [-0.3, -0.25) is 0 Å². The molecule has 18 heavy (non-hydrogen) atoms. The van der Waals surface area contributed by atoms with Gasteiger partial charge in [0.2, 0.25) is 0 Å². The predicted molar refractivity (Wildman–Crippen MR) is 76.7 cm³/mol. The monoisotopic (exact) mass is 300 g/mol. The van der Waals surface area contributed by atoms with Crippen molar-refractivity contribution in [2.45, 2.75) is 56.4 Å². The van der Waals surface area contributed by atoms with Gasteiger partial charge in [-0.05, 0) is 39.5 Å². The molecule has 0 aromatic rings. The molecule has 0 aromatic heterocycles. The van der Waals surface area contributed by atoms with E-state index < -0.39 is 6.10 Å². The summed E-state index contributed by atoms with van der Waals surface area (Å²) in [6, 6.07) is 0. The van der Waals surface area contributed by atoms with Crippen LogP contribution in [0.15, 0.2) is 0 Å². The van der Waals surface area contributed by atoms with Gasteiger partial charge in [0.1, 0.15) is 6.10 Å². The van der Waals surface area contributed by atoms with Crippen LogP contribution in [0.5, 0.6) is 0 Å². The normalized spacial score (nSPS) is 16.5. The first kappa shape index (κ1) is 18.5. The molecule has 0 saturated heterocycles. The van der Waals surface area contributed by atoms with Crippen LogP contribution in [0, 0.1) is 0 Å². The second kappa shape index (κ2) is 12.5. The summed E-state index contributed by atoms with van der Waals surface area (Å²) in [5.41, 5.74) is 0. The van der Waals surface area contributed by atoms with Gasteiger partial charge in [-0.1, -0.05) is 0 Å². The minimum atomic E-state index is -0.549. The Kier molecular flexibility index (Phi) is 12.8. The van der Waals surface area contributed by atoms with Crippen molar-refractivity contribution < 1.29 is 14.6 Å². The first-order chi connectivity index (χ1) is 8.52. The summed E-state index contributed by atoms with van der Waals surface area (Å²) >= 11 is 11.6. The van der Waals surface area contributed by atoms with Gasteiger partial charge in [0.15, 0.2) is 0 Å². The number of hydrogen-bond donors (Lipinski definition) is 1. The van der Waals surface area contributed by atoms with Crippen LogP contribution in [-0.4, -0.2) is 48.4 Å². The van der Waals surface area contributed by atoms with E-state index in [0.29, 0.717) is 26.4 Å². The van der Waals surface area contributed by atoms with Gasteiger partial charge in [0.25, 0.3) is 0 Å². The van der Waals surface area contributed by atoms with E-state index in [0.717, 1.165) is 25.7 Å². The first-order valence-corrected chi connectivity index (χ1v) is 7.51. The number of rotatable bonds is 12. The Hall–Kier alpha value is 0.460. The van der Waals surface area contributed by atoms with E-state index in [2.05, 4.69) is 0 Å². The molecule has 0 aliphatic carbocycles. The quantitative estimate of drug-likeness (QED) is 0.444. The maximum absolute atomic E-state index is 9.56. The van der Waals surface area contributed by atoms with E-state index in [9.17, 15) is 5.11 Å². The zero-order valence-corrected chi connectivity index (χ0v) is 12.9. The second-order valence-corrected chi connectivity index (χ2v) is 6.14. The number of hydrogen-bond acceptors (Lipinski definition) is 3. The molecule has 0 amide bonds. The Morgan fingerprint density at radius 3 is 1.61 bits per heavy atom. The number of halogens is 2. The van der Waals surface area contributed by atoms with E-state index >= 15 is 0 Å². The summed E-state index contributed by atoms with van der Waals surface area (Å²) in [4.78, 5) is 0. The van der Waals surface area contributed by atoms with Crippen LogP contribution in [0.3, 0.4) is 0 Å². The first-order valence-electron chi connectivity index (χ1n) is 6.64. The highest BCUT2D eigenvalue weighted by Crippen LogP contribution is 2.04. The Bertz CT molecular complexity index is 160. The Labute approximate surface area is 121 Å². The van der Waals surface area contributed by atoms with E-state index in [-0.39, 0.29) is 10.8 Å². The average Bonchev–Trinajstić information content (AvgIpc) is 2.27. The van der Waals surface area contributed by atoms with Crippen molar-refractivity contribution in [1.82, 2.24) is 0 Å². The molecular weight excluding hydrogens is 275 g/mol. The van der Waals surface area contributed by atoms with Gasteiger partial charge in [-0.15, -0.1) is 23.2 Å². The van der Waals surface area contributed by atoms with E-state index in [1.807, 2.05) is 13.8 Å². The molecule has 3 nitrogen and oxygen atoms in total. The molecular formula is C13H26Cl2O3. The molecule has 0 radical (unpaired) electrons. The second-order valence-electron chi connectivity index (χ2n) is 4.65. The summed E-state index contributed by atoms with van der Waals surface area (Å²) in [6.45, 7) is 5.85. The van der Waals surface area contributed by atoms with Gasteiger partial charge < -0.3 is 14.6 Å². The minimum absolute atomic E-state index is 0.186. The van der Waals surface area contributed by atoms with Crippen molar-refractivity contribution in [2.75, 3.05) is 26.4 Å². The molecule has 0 heterocycles. The molecule has 0 aliphatic heterocycles. The van der Waals surface area contributed by atoms with Crippen molar-refractivity contribution in [3.63, 3.8) is 0 Å². The maximum Gasteiger partial charge on any atom is 0.101 e. The summed E-state index contributed by atoms with van der Waals surface area (Å²) in [5.74, 6) is 0. The Morgan fingerprint density at radius 1 is 0.889 bits per heavy atom. The molecule has 0 bridgehead atoms. The maximum atomic E-state index is 9.56.